The number of anilines is 2. The summed E-state index contributed by atoms with van der Waals surface area (Å²) >= 11 is 0. The van der Waals surface area contributed by atoms with Crippen molar-refractivity contribution < 1.29 is 9.53 Å². The van der Waals surface area contributed by atoms with Crippen molar-refractivity contribution in [1.82, 2.24) is 19.9 Å². The number of hydrogen-bond donors (Lipinski definition) is 2. The van der Waals surface area contributed by atoms with Gasteiger partial charge >= 0.3 is 0 Å². The largest absolute Gasteiger partial charge is 0.462 e. The minimum atomic E-state index is -0.318. The molecule has 0 amide bonds. The molecule has 0 bridgehead atoms. The van der Waals surface area contributed by atoms with Crippen molar-refractivity contribution in [3.05, 3.63) is 66.6 Å². The molecule has 1 aliphatic rings. The van der Waals surface area contributed by atoms with Gasteiger partial charge in [-0.2, -0.15) is 0 Å². The molecule has 1 aliphatic heterocycles. The second kappa shape index (κ2) is 12.3. The number of H-pyrrole nitrogens is 1. The van der Waals surface area contributed by atoms with Crippen LogP contribution >= 0.6 is 0 Å². The molecule has 0 atom stereocenters. The highest BCUT2D eigenvalue weighted by molar-refractivity contribution is 5.95. The zero-order valence-corrected chi connectivity index (χ0v) is 22.1. The van der Waals surface area contributed by atoms with Gasteiger partial charge in [-0.3, -0.25) is 9.78 Å². The number of hydrogen-bond acceptors (Lipinski definition) is 6. The molecule has 2 N–H and O–H groups in total. The monoisotopic (exact) mass is 487 g/mol. The lowest BCUT2D eigenvalue weighted by atomic mass is 10.1. The normalized spacial score (nSPS) is 13.7. The molecule has 4 aromatic rings. The highest BCUT2D eigenvalue weighted by Gasteiger charge is 2.14. The Morgan fingerprint density at radius 2 is 1.89 bits per heavy atom. The van der Waals surface area contributed by atoms with Crippen LogP contribution < -0.4 is 5.32 Å². The molecule has 7 nitrogen and oxygen atoms in total. The lowest BCUT2D eigenvalue weighted by Crippen LogP contribution is -2.23. The maximum absolute atomic E-state index is 9.60. The number of fused-ring (bicyclic) bond motifs is 2. The summed E-state index contributed by atoms with van der Waals surface area (Å²) in [6, 6.07) is 14.5. The van der Waals surface area contributed by atoms with Crippen LogP contribution in [-0.2, 0) is 9.53 Å². The summed E-state index contributed by atoms with van der Waals surface area (Å²) in [5, 5.41) is 5.78. The van der Waals surface area contributed by atoms with Gasteiger partial charge in [0.2, 0.25) is 0 Å². The summed E-state index contributed by atoms with van der Waals surface area (Å²) in [4.78, 5) is 24.3. The molecule has 0 unspecified atom stereocenters. The molecule has 4 heterocycles. The molecular weight excluding hydrogens is 450 g/mol. The molecule has 36 heavy (non-hydrogen) atoms. The van der Waals surface area contributed by atoms with Crippen molar-refractivity contribution in [2.24, 2.45) is 0 Å². The zero-order chi connectivity index (χ0) is 26.1. The van der Waals surface area contributed by atoms with Gasteiger partial charge in [0.25, 0.3) is 6.47 Å². The van der Waals surface area contributed by atoms with Crippen molar-refractivity contribution in [3.63, 3.8) is 0 Å². The van der Waals surface area contributed by atoms with E-state index in [1.54, 1.807) is 0 Å². The molecule has 7 heteroatoms. The minimum Gasteiger partial charge on any atom is -0.462 e. The predicted molar refractivity (Wildman–Crippen MR) is 149 cm³/mol. The van der Waals surface area contributed by atoms with Crippen LogP contribution in [0.2, 0.25) is 0 Å². The van der Waals surface area contributed by atoms with Crippen molar-refractivity contribution in [2.75, 3.05) is 25.5 Å². The third-order valence-electron chi connectivity index (χ3n) is 5.57. The average molecular weight is 488 g/mol. The smallest absolute Gasteiger partial charge is 0.293 e. The number of aromatic nitrogens is 3. The first-order valence-corrected chi connectivity index (χ1v) is 12.4. The summed E-state index contributed by atoms with van der Waals surface area (Å²) in [7, 11) is 2.15. The van der Waals surface area contributed by atoms with Gasteiger partial charge in [-0.05, 0) is 76.2 Å². The summed E-state index contributed by atoms with van der Waals surface area (Å²) in [5.74, 6) is 0. The summed E-state index contributed by atoms with van der Waals surface area (Å²) < 4.78 is 4.55. The van der Waals surface area contributed by atoms with Crippen LogP contribution in [0.5, 0.6) is 0 Å². The SMILES string of the molecule is CC.CC(C)(C)OC=O.CN1CC=C(c2cc3c(Nc4ccc5ncccc5c4)ccnc3[nH]2)CC1. The van der Waals surface area contributed by atoms with E-state index in [4.69, 9.17) is 0 Å². The van der Waals surface area contributed by atoms with E-state index in [0.29, 0.717) is 6.47 Å². The number of pyridine rings is 2. The topological polar surface area (TPSA) is 83.1 Å². The Morgan fingerprint density at radius 3 is 2.56 bits per heavy atom. The Balaban J connectivity index is 0.000000350. The van der Waals surface area contributed by atoms with Crippen LogP contribution in [0.25, 0.3) is 27.5 Å². The van der Waals surface area contributed by atoms with E-state index in [2.05, 4.69) is 67.3 Å². The van der Waals surface area contributed by atoms with Gasteiger partial charge in [0.1, 0.15) is 11.2 Å². The van der Waals surface area contributed by atoms with Gasteiger partial charge in [-0.25, -0.2) is 4.98 Å². The minimum absolute atomic E-state index is 0.318. The van der Waals surface area contributed by atoms with E-state index >= 15 is 0 Å². The number of carbonyl (C=O) groups excluding carboxylic acids is 1. The molecular formula is C29H37N5O2. The van der Waals surface area contributed by atoms with Gasteiger partial charge < -0.3 is 19.9 Å². The first-order chi connectivity index (χ1) is 17.3. The van der Waals surface area contributed by atoms with E-state index < -0.39 is 0 Å². The summed E-state index contributed by atoms with van der Waals surface area (Å²) in [5.41, 5.74) is 6.24. The lowest BCUT2D eigenvalue weighted by molar-refractivity contribution is -0.138. The van der Waals surface area contributed by atoms with E-state index in [1.807, 2.05) is 65.2 Å². The van der Waals surface area contributed by atoms with E-state index in [-0.39, 0.29) is 5.60 Å². The standard InChI is InChI=1S/C22H21N5.C5H10O2.C2H6/c1-27-11-7-15(8-12-27)21-14-18-20(6-10-24-22(18)26-21)25-17-4-5-19-16(13-17)3-2-9-23-19;1-5(2,3)7-4-6;1-2/h2-7,9-10,13-14H,8,11-12H2,1H3,(H2,24,25,26);4H,1-3H3;1-2H3. The number of benzene rings is 1. The number of nitrogens with zero attached hydrogens (tertiary/aromatic N) is 3. The van der Waals surface area contributed by atoms with Gasteiger partial charge in [0, 0.05) is 47.6 Å². The van der Waals surface area contributed by atoms with E-state index in [1.165, 1.54) is 11.3 Å². The van der Waals surface area contributed by atoms with Gasteiger partial charge in [0.15, 0.2) is 0 Å². The highest BCUT2D eigenvalue weighted by Crippen LogP contribution is 2.30. The van der Waals surface area contributed by atoms with Crippen LogP contribution in [-0.4, -0.2) is 52.1 Å². The van der Waals surface area contributed by atoms with Crippen molar-refractivity contribution >= 4 is 45.4 Å². The predicted octanol–water partition coefficient (Wildman–Crippen LogP) is 6.56. The van der Waals surface area contributed by atoms with E-state index in [9.17, 15) is 4.79 Å². The second-order valence-corrected chi connectivity index (χ2v) is 9.41. The average Bonchev–Trinajstić information content (AvgIpc) is 3.31. The molecule has 190 valence electrons. The Morgan fingerprint density at radius 1 is 1.08 bits per heavy atom. The molecule has 0 saturated carbocycles. The van der Waals surface area contributed by atoms with Crippen molar-refractivity contribution in [2.45, 2.75) is 46.6 Å². The number of aromatic amines is 1. The number of likely N-dealkylation sites (N-methyl/N-ethyl adjacent to an activating group) is 1. The van der Waals surface area contributed by atoms with E-state index in [0.717, 1.165) is 52.8 Å². The molecule has 0 aliphatic carbocycles. The number of ether oxygens (including phenoxy) is 1. The number of nitrogens with one attached hydrogen (secondary N) is 2. The quantitative estimate of drug-likeness (QED) is 0.317. The fourth-order valence-electron chi connectivity index (χ4n) is 3.78. The molecule has 3 aromatic heterocycles. The zero-order valence-electron chi connectivity index (χ0n) is 22.1. The van der Waals surface area contributed by atoms with Crippen LogP contribution in [0.1, 0.15) is 46.7 Å². The first kappa shape index (κ1) is 26.9. The van der Waals surface area contributed by atoms with Crippen LogP contribution in [0.15, 0.2) is 60.9 Å². The fraction of sp³-hybridized carbons (Fsp3) is 0.345. The Bertz CT molecular complexity index is 1320. The van der Waals surface area contributed by atoms with Gasteiger partial charge in [0.05, 0.1) is 11.2 Å². The van der Waals surface area contributed by atoms with Crippen LogP contribution in [0.3, 0.4) is 0 Å². The Hall–Kier alpha value is -3.71. The molecule has 0 radical (unpaired) electrons. The van der Waals surface area contributed by atoms with Crippen LogP contribution in [0.4, 0.5) is 11.4 Å². The second-order valence-electron chi connectivity index (χ2n) is 9.41. The molecule has 1 aromatic carbocycles. The fourth-order valence-corrected chi connectivity index (χ4v) is 3.78. The lowest BCUT2D eigenvalue weighted by Gasteiger charge is -2.21. The number of rotatable bonds is 4. The highest BCUT2D eigenvalue weighted by atomic mass is 16.5. The number of carbonyl (C=O) groups is 1. The van der Waals surface area contributed by atoms with Gasteiger partial charge in [-0.1, -0.05) is 26.0 Å². The third-order valence-corrected chi connectivity index (χ3v) is 5.57. The first-order valence-electron chi connectivity index (χ1n) is 12.4. The third kappa shape index (κ3) is 7.15. The maximum Gasteiger partial charge on any atom is 0.293 e. The molecule has 0 fully saturated rings. The summed E-state index contributed by atoms with van der Waals surface area (Å²) in [6.07, 6.45) is 7.03. The maximum atomic E-state index is 9.60. The van der Waals surface area contributed by atoms with Gasteiger partial charge in [-0.15, -0.1) is 0 Å². The Kier molecular flexibility index (Phi) is 9.19. The Labute approximate surface area is 213 Å². The van der Waals surface area contributed by atoms with Crippen molar-refractivity contribution in [3.8, 4) is 0 Å². The summed E-state index contributed by atoms with van der Waals surface area (Å²) in [6.45, 7) is 12.0. The molecule has 0 spiro atoms. The van der Waals surface area contributed by atoms with Crippen LogP contribution in [0, 0.1) is 0 Å². The molecule has 0 saturated heterocycles. The molecule has 5 rings (SSSR count). The van der Waals surface area contributed by atoms with Crippen molar-refractivity contribution in [1.29, 1.82) is 0 Å².